The van der Waals surface area contributed by atoms with Crippen molar-refractivity contribution in [3.63, 3.8) is 0 Å². The summed E-state index contributed by atoms with van der Waals surface area (Å²) in [6.45, 7) is 4.91. The van der Waals surface area contributed by atoms with Crippen LogP contribution in [0.15, 0.2) is 30.7 Å². The van der Waals surface area contributed by atoms with E-state index in [1.165, 1.54) is 0 Å². The van der Waals surface area contributed by atoms with Gasteiger partial charge in [0.25, 0.3) is 6.43 Å². The molecule has 1 N–H and O–H groups in total. The molecular weight excluding hydrogens is 423 g/mol. The van der Waals surface area contributed by atoms with Crippen molar-refractivity contribution in [2.24, 2.45) is 7.05 Å². The van der Waals surface area contributed by atoms with Gasteiger partial charge in [0.1, 0.15) is 5.82 Å². The monoisotopic (exact) mass is 449 g/mol. The number of hydrogen-bond donors (Lipinski definition) is 1. The number of piperazine rings is 1. The van der Waals surface area contributed by atoms with Crippen LogP contribution >= 0.6 is 0 Å². The predicted octanol–water partition coefficient (Wildman–Crippen LogP) is 3.59. The molecule has 172 valence electrons. The van der Waals surface area contributed by atoms with E-state index in [1.54, 1.807) is 19.2 Å². The van der Waals surface area contributed by atoms with E-state index in [1.807, 2.05) is 41.4 Å². The summed E-state index contributed by atoms with van der Waals surface area (Å²) in [4.78, 5) is 19.5. The molecule has 2 atom stereocenters. The highest BCUT2D eigenvalue weighted by molar-refractivity contribution is 5.91. The Hall–Kier alpha value is -2.85. The summed E-state index contributed by atoms with van der Waals surface area (Å²) in [5, 5.41) is 9.77. The van der Waals surface area contributed by atoms with Crippen molar-refractivity contribution in [3.05, 3.63) is 47.5 Å². The number of hydrogen-bond acceptors (Lipinski definition) is 4. The molecule has 10 heteroatoms. The number of carboxylic acid groups (broad SMARTS) is 1. The third-order valence-corrected chi connectivity index (χ3v) is 6.35. The minimum atomic E-state index is -3.03. The summed E-state index contributed by atoms with van der Waals surface area (Å²) in [5.41, 5.74) is 3.24. The summed E-state index contributed by atoms with van der Waals surface area (Å²) in [7, 11) is 1.89. The molecule has 0 saturated carbocycles. The Morgan fingerprint density at radius 3 is 2.34 bits per heavy atom. The molecule has 0 amide bonds. The lowest BCUT2D eigenvalue weighted by Crippen LogP contribution is -2.51. The van der Waals surface area contributed by atoms with E-state index in [-0.39, 0.29) is 24.7 Å². The van der Waals surface area contributed by atoms with Crippen molar-refractivity contribution >= 4 is 11.5 Å². The van der Waals surface area contributed by atoms with Crippen molar-refractivity contribution in [2.45, 2.75) is 32.6 Å². The standard InChI is InChI=1S/C22H26F3N5O2/c1-13-17(22(31)32)11-16-10-15(21-26-4-5-27(21)3)12-30(16)18(13)14(2)28-6-8-29(9-7-28)20(25)19(23)24/h4-5,10-12,14,19-20H,6-9H2,1-3H3,(H,31,32). The Labute approximate surface area is 183 Å². The maximum absolute atomic E-state index is 13.7. The number of carboxylic acids is 1. The number of pyridine rings is 1. The van der Waals surface area contributed by atoms with Crippen LogP contribution in [0.4, 0.5) is 13.2 Å². The van der Waals surface area contributed by atoms with Gasteiger partial charge >= 0.3 is 5.97 Å². The summed E-state index contributed by atoms with van der Waals surface area (Å²) >= 11 is 0. The van der Waals surface area contributed by atoms with Gasteiger partial charge in [-0.25, -0.2) is 22.9 Å². The normalized spacial score (nSPS) is 17.8. The fourth-order valence-electron chi connectivity index (χ4n) is 4.58. The van der Waals surface area contributed by atoms with Crippen LogP contribution < -0.4 is 0 Å². The summed E-state index contributed by atoms with van der Waals surface area (Å²) in [5.74, 6) is -0.253. The minimum Gasteiger partial charge on any atom is -0.478 e. The molecule has 2 unspecified atom stereocenters. The van der Waals surface area contributed by atoms with E-state index in [0.717, 1.165) is 27.5 Å². The second-order valence-electron chi connectivity index (χ2n) is 8.21. The Balaban J connectivity index is 1.72. The Morgan fingerprint density at radius 1 is 1.12 bits per heavy atom. The predicted molar refractivity (Wildman–Crippen MR) is 114 cm³/mol. The quantitative estimate of drug-likeness (QED) is 0.583. The van der Waals surface area contributed by atoms with Crippen LogP contribution in [-0.4, -0.2) is 73.7 Å². The van der Waals surface area contributed by atoms with Gasteiger partial charge in [-0.3, -0.25) is 9.80 Å². The SMILES string of the molecule is Cc1c(C(=O)O)cc2cc(-c3nccn3C)cn2c1C(C)N1CCN(C(F)C(F)F)CC1. The van der Waals surface area contributed by atoms with Crippen molar-refractivity contribution in [1.82, 2.24) is 23.8 Å². The first-order valence-corrected chi connectivity index (χ1v) is 10.5. The zero-order chi connectivity index (χ0) is 23.2. The van der Waals surface area contributed by atoms with Gasteiger partial charge in [0.2, 0.25) is 6.30 Å². The van der Waals surface area contributed by atoms with Crippen LogP contribution in [0, 0.1) is 6.92 Å². The molecule has 0 spiro atoms. The Kier molecular flexibility index (Phi) is 6.00. The molecule has 1 aliphatic rings. The first-order chi connectivity index (χ1) is 15.2. The topological polar surface area (TPSA) is 66.0 Å². The highest BCUT2D eigenvalue weighted by Gasteiger charge is 2.32. The number of fused-ring (bicyclic) bond motifs is 1. The van der Waals surface area contributed by atoms with E-state index < -0.39 is 18.7 Å². The van der Waals surface area contributed by atoms with Crippen LogP contribution in [-0.2, 0) is 7.05 Å². The summed E-state index contributed by atoms with van der Waals surface area (Å²) in [6, 6.07) is 3.35. The van der Waals surface area contributed by atoms with Crippen LogP contribution in [0.5, 0.6) is 0 Å². The first-order valence-electron chi connectivity index (χ1n) is 10.5. The highest BCUT2D eigenvalue weighted by Crippen LogP contribution is 2.32. The van der Waals surface area contributed by atoms with Gasteiger partial charge in [-0.2, -0.15) is 0 Å². The van der Waals surface area contributed by atoms with Crippen LogP contribution in [0.1, 0.15) is 34.6 Å². The van der Waals surface area contributed by atoms with Gasteiger partial charge in [-0.15, -0.1) is 0 Å². The average Bonchev–Trinajstić information content (AvgIpc) is 3.37. The lowest BCUT2D eigenvalue weighted by molar-refractivity contribution is -0.0688. The van der Waals surface area contributed by atoms with E-state index in [4.69, 9.17) is 0 Å². The van der Waals surface area contributed by atoms with Gasteiger partial charge in [0.15, 0.2) is 0 Å². The lowest BCUT2D eigenvalue weighted by atomic mass is 10.0. The minimum absolute atomic E-state index is 0.181. The molecule has 1 saturated heterocycles. The molecule has 7 nitrogen and oxygen atoms in total. The number of imidazole rings is 1. The van der Waals surface area contributed by atoms with Gasteiger partial charge in [-0.05, 0) is 31.5 Å². The number of carbonyl (C=O) groups is 1. The van der Waals surface area contributed by atoms with E-state index in [9.17, 15) is 23.1 Å². The lowest BCUT2D eigenvalue weighted by Gasteiger charge is -2.39. The second kappa shape index (κ2) is 8.59. The molecule has 3 aromatic heterocycles. The van der Waals surface area contributed by atoms with Gasteiger partial charge < -0.3 is 14.1 Å². The molecule has 4 rings (SSSR count). The van der Waals surface area contributed by atoms with Crippen LogP contribution in [0.25, 0.3) is 16.9 Å². The zero-order valence-corrected chi connectivity index (χ0v) is 18.2. The van der Waals surface area contributed by atoms with E-state index >= 15 is 0 Å². The number of halogens is 3. The van der Waals surface area contributed by atoms with E-state index in [2.05, 4.69) is 9.88 Å². The Bertz CT molecular complexity index is 1130. The summed E-state index contributed by atoms with van der Waals surface area (Å²) < 4.78 is 43.1. The fourth-order valence-corrected chi connectivity index (χ4v) is 4.58. The third kappa shape index (κ3) is 3.88. The molecule has 1 fully saturated rings. The molecule has 1 aliphatic heterocycles. The highest BCUT2D eigenvalue weighted by atomic mass is 19.3. The number of rotatable bonds is 6. The van der Waals surface area contributed by atoms with E-state index in [0.29, 0.717) is 18.7 Å². The molecule has 4 heterocycles. The van der Waals surface area contributed by atoms with Gasteiger partial charge in [0.05, 0.1) is 5.56 Å². The molecule has 0 aliphatic carbocycles. The largest absolute Gasteiger partial charge is 0.478 e. The van der Waals surface area contributed by atoms with Crippen molar-refractivity contribution in [2.75, 3.05) is 26.2 Å². The van der Waals surface area contributed by atoms with Crippen molar-refractivity contribution < 1.29 is 23.1 Å². The molecule has 0 aromatic carbocycles. The van der Waals surface area contributed by atoms with Crippen LogP contribution in [0.3, 0.4) is 0 Å². The maximum atomic E-state index is 13.7. The second-order valence-corrected chi connectivity index (χ2v) is 8.21. The number of aromatic nitrogens is 3. The molecular formula is C22H26F3N5O2. The third-order valence-electron chi connectivity index (χ3n) is 6.35. The number of aromatic carboxylic acids is 1. The molecule has 32 heavy (non-hydrogen) atoms. The van der Waals surface area contributed by atoms with Crippen molar-refractivity contribution in [1.29, 1.82) is 0 Å². The first kappa shape index (κ1) is 22.3. The smallest absolute Gasteiger partial charge is 0.336 e. The number of aryl methyl sites for hydroxylation is 1. The van der Waals surface area contributed by atoms with Crippen molar-refractivity contribution in [3.8, 4) is 11.4 Å². The molecule has 0 radical (unpaired) electrons. The fraction of sp³-hybridized carbons (Fsp3) is 0.455. The average molecular weight is 449 g/mol. The van der Waals surface area contributed by atoms with Gasteiger partial charge in [-0.1, -0.05) is 0 Å². The Morgan fingerprint density at radius 2 is 1.78 bits per heavy atom. The zero-order valence-electron chi connectivity index (χ0n) is 18.2. The van der Waals surface area contributed by atoms with Gasteiger partial charge in [0, 0.05) is 74.6 Å². The maximum Gasteiger partial charge on any atom is 0.336 e. The molecule has 3 aromatic rings. The number of nitrogens with zero attached hydrogens (tertiary/aromatic N) is 5. The van der Waals surface area contributed by atoms with Crippen LogP contribution in [0.2, 0.25) is 0 Å². The summed E-state index contributed by atoms with van der Waals surface area (Å²) in [6.07, 6.45) is 0.184. The molecule has 0 bridgehead atoms. The number of alkyl halides is 3.